The van der Waals surface area contributed by atoms with Crippen molar-refractivity contribution in [2.75, 3.05) is 12.4 Å². The van der Waals surface area contributed by atoms with Crippen LogP contribution in [0.1, 0.15) is 40.1 Å². The lowest BCUT2D eigenvalue weighted by Crippen LogP contribution is -2.54. The Morgan fingerprint density at radius 3 is 2.45 bits per heavy atom. The summed E-state index contributed by atoms with van der Waals surface area (Å²) in [5.74, 6) is -1.03. The lowest BCUT2D eigenvalue weighted by atomic mass is 9.90. The van der Waals surface area contributed by atoms with Gasteiger partial charge in [-0.15, -0.1) is 11.8 Å². The Morgan fingerprint density at radius 2 is 1.76 bits per heavy atom. The van der Waals surface area contributed by atoms with Crippen molar-refractivity contribution >= 4 is 29.3 Å². The maximum Gasteiger partial charge on any atom is 0.335 e. The highest BCUT2D eigenvalue weighted by atomic mass is 35.5. The van der Waals surface area contributed by atoms with Crippen molar-refractivity contribution in [1.29, 1.82) is 0 Å². The summed E-state index contributed by atoms with van der Waals surface area (Å²) in [6.07, 6.45) is -5.81. The summed E-state index contributed by atoms with van der Waals surface area (Å²) in [5.41, 5.74) is 2.26. The molecule has 0 aromatic heterocycles. The van der Waals surface area contributed by atoms with E-state index in [2.05, 4.69) is 0 Å². The van der Waals surface area contributed by atoms with E-state index < -0.39 is 42.3 Å². The molecule has 0 saturated carbocycles. The number of halogens is 2. The predicted octanol–water partition coefficient (Wildman–Crippen LogP) is 4.48. The van der Waals surface area contributed by atoms with Crippen LogP contribution in [0.3, 0.4) is 0 Å². The lowest BCUT2D eigenvalue weighted by molar-refractivity contribution is -0.218. The van der Waals surface area contributed by atoms with Crippen LogP contribution in [0.25, 0.3) is 0 Å². The molecule has 1 fully saturated rings. The largest absolute Gasteiger partial charge is 0.494 e. The molecule has 3 aromatic rings. The number of carbonyl (C=O) groups is 1. The Morgan fingerprint density at radius 1 is 1.03 bits per heavy atom. The van der Waals surface area contributed by atoms with E-state index >= 15 is 0 Å². The van der Waals surface area contributed by atoms with Crippen molar-refractivity contribution in [3.8, 4) is 5.75 Å². The molecule has 0 unspecified atom stereocenters. The van der Waals surface area contributed by atoms with Gasteiger partial charge in [0.15, 0.2) is 0 Å². The van der Waals surface area contributed by atoms with Gasteiger partial charge in [0.05, 0.1) is 18.3 Å². The van der Waals surface area contributed by atoms with Crippen LogP contribution in [-0.2, 0) is 11.2 Å². The molecule has 7 nitrogen and oxygen atoms in total. The van der Waals surface area contributed by atoms with E-state index in [1.165, 1.54) is 6.07 Å². The first-order valence-corrected chi connectivity index (χ1v) is 13.4. The summed E-state index contributed by atoms with van der Waals surface area (Å²) >= 11 is 7.41. The molecule has 1 aliphatic rings. The fourth-order valence-corrected chi connectivity index (χ4v) is 5.50. The second-order valence-electron chi connectivity index (χ2n) is 8.93. The smallest absolute Gasteiger partial charge is 0.335 e. The zero-order valence-electron chi connectivity index (χ0n) is 20.5. The molecular formula is C28H28ClFO7S. The molecule has 0 aliphatic carbocycles. The Labute approximate surface area is 228 Å². The topological polar surface area (TPSA) is 116 Å². The zero-order chi connectivity index (χ0) is 27.4. The fourth-order valence-electron chi connectivity index (χ4n) is 4.28. The number of carboxylic acids is 1. The van der Waals surface area contributed by atoms with Crippen molar-refractivity contribution in [1.82, 2.24) is 0 Å². The molecule has 1 heterocycles. The standard InChI is InChI=1S/C28H28ClFO7S/c1-2-36-19-7-3-15(4-8-19)11-18-12-16(5-9-20(18)29)27-26(33)25(32)24(31)22(37-27)14-38-23-13-17(28(34)35)6-10-21(23)30/h3-10,12-13,22,24-27,31-33H,2,11,14H2,1H3,(H,34,35)/t22-,24+,25-,26-,27+/m1/s1. The maximum absolute atomic E-state index is 14.3. The third kappa shape index (κ3) is 6.48. The van der Waals surface area contributed by atoms with Gasteiger partial charge in [0.1, 0.15) is 36.0 Å². The number of rotatable bonds is 9. The predicted molar refractivity (Wildman–Crippen MR) is 142 cm³/mol. The van der Waals surface area contributed by atoms with Crippen molar-refractivity contribution in [3.63, 3.8) is 0 Å². The number of hydrogen-bond donors (Lipinski definition) is 4. The van der Waals surface area contributed by atoms with E-state index in [4.69, 9.17) is 21.1 Å². The van der Waals surface area contributed by atoms with Gasteiger partial charge in [-0.2, -0.15) is 0 Å². The molecule has 0 bridgehead atoms. The first-order valence-electron chi connectivity index (χ1n) is 12.0. The Hall–Kier alpha value is -2.66. The number of aliphatic hydroxyl groups is 3. The van der Waals surface area contributed by atoms with Gasteiger partial charge in [0.2, 0.25) is 0 Å². The molecule has 38 heavy (non-hydrogen) atoms. The molecule has 4 N–H and O–H groups in total. The van der Waals surface area contributed by atoms with E-state index in [9.17, 15) is 29.6 Å². The molecule has 0 spiro atoms. The van der Waals surface area contributed by atoms with Crippen LogP contribution in [0.4, 0.5) is 4.39 Å². The monoisotopic (exact) mass is 562 g/mol. The summed E-state index contributed by atoms with van der Waals surface area (Å²) < 4.78 is 25.8. The van der Waals surface area contributed by atoms with Crippen LogP contribution in [0.15, 0.2) is 65.6 Å². The first-order chi connectivity index (χ1) is 18.2. The van der Waals surface area contributed by atoms with Crippen LogP contribution in [0.5, 0.6) is 5.75 Å². The summed E-state index contributed by atoms with van der Waals surface area (Å²) in [4.78, 5) is 11.3. The molecule has 4 rings (SSSR count). The van der Waals surface area contributed by atoms with Crippen molar-refractivity contribution in [3.05, 3.63) is 93.8 Å². The van der Waals surface area contributed by atoms with Gasteiger partial charge < -0.3 is 29.9 Å². The van der Waals surface area contributed by atoms with Crippen molar-refractivity contribution < 1.29 is 39.1 Å². The van der Waals surface area contributed by atoms with Crippen LogP contribution in [0.2, 0.25) is 5.02 Å². The molecular weight excluding hydrogens is 535 g/mol. The number of aliphatic hydroxyl groups excluding tert-OH is 3. The summed E-state index contributed by atoms with van der Waals surface area (Å²) in [5, 5.41) is 41.5. The average Bonchev–Trinajstić information content (AvgIpc) is 2.90. The van der Waals surface area contributed by atoms with Gasteiger partial charge in [-0.25, -0.2) is 9.18 Å². The Bertz CT molecular complexity index is 1270. The summed E-state index contributed by atoms with van der Waals surface area (Å²) in [6, 6.07) is 16.2. The fraction of sp³-hybridized carbons (Fsp3) is 0.321. The highest BCUT2D eigenvalue weighted by molar-refractivity contribution is 7.99. The number of thioether (sulfide) groups is 1. The van der Waals surface area contributed by atoms with Crippen LogP contribution >= 0.6 is 23.4 Å². The van der Waals surface area contributed by atoms with Crippen LogP contribution < -0.4 is 4.74 Å². The highest BCUT2D eigenvalue weighted by Gasteiger charge is 2.44. The van der Waals surface area contributed by atoms with E-state index in [0.29, 0.717) is 23.6 Å². The van der Waals surface area contributed by atoms with E-state index in [1.54, 1.807) is 18.2 Å². The molecule has 0 amide bonds. The minimum Gasteiger partial charge on any atom is -0.494 e. The Kier molecular flexibility index (Phi) is 9.30. The molecule has 202 valence electrons. The molecule has 3 aromatic carbocycles. The van der Waals surface area contributed by atoms with Gasteiger partial charge in [-0.3, -0.25) is 0 Å². The lowest BCUT2D eigenvalue weighted by Gasteiger charge is -2.41. The number of benzene rings is 3. The van der Waals surface area contributed by atoms with Crippen molar-refractivity contribution in [2.45, 2.75) is 48.8 Å². The van der Waals surface area contributed by atoms with Crippen LogP contribution in [-0.4, -0.2) is 63.2 Å². The normalized spacial score (nSPS) is 23.3. The zero-order valence-corrected chi connectivity index (χ0v) is 22.0. The van der Waals surface area contributed by atoms with E-state index in [-0.39, 0.29) is 16.2 Å². The summed E-state index contributed by atoms with van der Waals surface area (Å²) in [7, 11) is 0. The van der Waals surface area contributed by atoms with Gasteiger partial charge in [0, 0.05) is 15.7 Å². The quantitative estimate of drug-likeness (QED) is 0.282. The van der Waals surface area contributed by atoms with Gasteiger partial charge in [0.25, 0.3) is 0 Å². The molecule has 0 radical (unpaired) electrons. The minimum atomic E-state index is -1.51. The molecule has 1 aliphatic heterocycles. The van der Waals surface area contributed by atoms with Crippen LogP contribution in [0, 0.1) is 5.82 Å². The maximum atomic E-state index is 14.3. The number of hydrogen-bond acceptors (Lipinski definition) is 7. The van der Waals surface area contributed by atoms with Gasteiger partial charge in [-0.1, -0.05) is 35.9 Å². The molecule has 1 saturated heterocycles. The summed E-state index contributed by atoms with van der Waals surface area (Å²) in [6.45, 7) is 2.48. The number of aromatic carboxylic acids is 1. The number of ether oxygens (including phenoxy) is 2. The van der Waals surface area contributed by atoms with E-state index in [1.807, 2.05) is 31.2 Å². The SMILES string of the molecule is CCOc1ccc(Cc2cc([C@@H]3O[C@H](CSc4cc(C(=O)O)ccc4F)[C@H](O)[C@@H](O)[C@H]3O)ccc2Cl)cc1. The van der Waals surface area contributed by atoms with Crippen molar-refractivity contribution in [2.24, 2.45) is 0 Å². The molecule has 10 heteroatoms. The highest BCUT2D eigenvalue weighted by Crippen LogP contribution is 2.37. The number of carboxylic acid groups (broad SMARTS) is 1. The third-order valence-corrected chi connectivity index (χ3v) is 7.81. The molecule has 5 atom stereocenters. The Balaban J connectivity index is 1.52. The third-order valence-electron chi connectivity index (χ3n) is 6.32. The van der Waals surface area contributed by atoms with Gasteiger partial charge in [-0.05, 0) is 66.4 Å². The second-order valence-corrected chi connectivity index (χ2v) is 10.4. The minimum absolute atomic E-state index is 0.00800. The first kappa shape index (κ1) is 28.4. The average molecular weight is 563 g/mol. The van der Waals surface area contributed by atoms with E-state index in [0.717, 1.165) is 40.8 Å². The second kappa shape index (κ2) is 12.5. The van der Waals surface area contributed by atoms with Gasteiger partial charge >= 0.3 is 5.97 Å².